The number of hydrogen-bond acceptors (Lipinski definition) is 12. The molecule has 6 rings (SSSR count). The van der Waals surface area contributed by atoms with Crippen LogP contribution >= 0.6 is 0 Å². The molecule has 0 fully saturated rings. The summed E-state index contributed by atoms with van der Waals surface area (Å²) in [5.41, 5.74) is 1.04. The second kappa shape index (κ2) is 8.12. The van der Waals surface area contributed by atoms with E-state index in [9.17, 15) is 44.1 Å². The average molecular weight is 545 g/mol. The summed E-state index contributed by atoms with van der Waals surface area (Å²) in [5, 5.41) is 32.8. The Balaban J connectivity index is 1.61. The quantitative estimate of drug-likeness (QED) is 0.161. The monoisotopic (exact) mass is 545 g/mol. The zero-order chi connectivity index (χ0) is 28.9. The van der Waals surface area contributed by atoms with Crippen LogP contribution in [0, 0.1) is 0 Å². The first kappa shape index (κ1) is 25.0. The number of fused-ring (bicyclic) bond motifs is 4. The van der Waals surface area contributed by atoms with E-state index in [1.54, 1.807) is 13.8 Å². The van der Waals surface area contributed by atoms with Crippen LogP contribution < -0.4 is 5.73 Å². The number of aromatic hydroxyl groups is 2. The number of Topliss-reactive ketones (excluding diaryl/α,β-unsaturated/α-hetero) is 4. The molecule has 40 heavy (non-hydrogen) atoms. The molecule has 2 aliphatic carbocycles. The highest BCUT2D eigenvalue weighted by molar-refractivity contribution is 6.61. The van der Waals surface area contributed by atoms with Crippen LogP contribution in [0.3, 0.4) is 0 Å². The maximum absolute atomic E-state index is 13.7. The molecule has 2 atom stereocenters. The molecule has 2 heterocycles. The average Bonchev–Trinajstić information content (AvgIpc) is 2.86. The van der Waals surface area contributed by atoms with Gasteiger partial charge in [-0.15, -0.1) is 0 Å². The molecule has 0 unspecified atom stereocenters. The van der Waals surface area contributed by atoms with Crippen molar-refractivity contribution in [1.82, 2.24) is 0 Å². The van der Waals surface area contributed by atoms with Gasteiger partial charge in [-0.1, -0.05) is 0 Å². The Labute approximate surface area is 224 Å². The Morgan fingerprint density at radius 2 is 1.10 bits per heavy atom. The molecular formula is C28H19NO11. The third kappa shape index (κ3) is 3.12. The van der Waals surface area contributed by atoms with Gasteiger partial charge in [-0.25, -0.2) is 9.59 Å². The normalized spacial score (nSPS) is 23.8. The van der Waals surface area contributed by atoms with E-state index in [0.29, 0.717) is 0 Å². The largest absolute Gasteiger partial charge is 0.506 e. The van der Waals surface area contributed by atoms with Crippen molar-refractivity contribution in [2.75, 3.05) is 0 Å². The lowest BCUT2D eigenvalue weighted by Gasteiger charge is -2.29. The molecular weight excluding hydrogens is 526 g/mol. The molecule has 0 spiro atoms. The first-order chi connectivity index (χ1) is 18.8. The molecule has 5 N–H and O–H groups in total. The lowest BCUT2D eigenvalue weighted by Crippen LogP contribution is -2.36. The van der Waals surface area contributed by atoms with Crippen LogP contribution in [-0.2, 0) is 27.1 Å². The second-order valence-electron chi connectivity index (χ2n) is 10.0. The van der Waals surface area contributed by atoms with Crippen molar-refractivity contribution < 1.29 is 53.6 Å². The summed E-state index contributed by atoms with van der Waals surface area (Å²) in [5.74, 6) is -9.67. The molecule has 0 radical (unpaired) electrons. The van der Waals surface area contributed by atoms with Gasteiger partial charge in [0.1, 0.15) is 40.6 Å². The molecule has 0 saturated carbocycles. The number of allylic oxidation sites excluding steroid dienone is 2. The van der Waals surface area contributed by atoms with Crippen molar-refractivity contribution in [1.29, 1.82) is 0 Å². The van der Waals surface area contributed by atoms with Crippen molar-refractivity contribution in [3.05, 3.63) is 73.5 Å². The molecule has 2 aromatic rings. The van der Waals surface area contributed by atoms with Gasteiger partial charge >= 0.3 is 11.9 Å². The zero-order valence-corrected chi connectivity index (χ0v) is 20.9. The highest BCUT2D eigenvalue weighted by atomic mass is 16.5. The smallest absolute Gasteiger partial charge is 0.342 e. The van der Waals surface area contributed by atoms with Crippen LogP contribution in [0.5, 0.6) is 11.5 Å². The Kier molecular flexibility index (Phi) is 5.08. The molecule has 0 saturated heterocycles. The van der Waals surface area contributed by atoms with Gasteiger partial charge in [-0.3, -0.25) is 19.2 Å². The van der Waals surface area contributed by atoms with Gasteiger partial charge in [0, 0.05) is 24.0 Å². The van der Waals surface area contributed by atoms with E-state index in [2.05, 4.69) is 0 Å². The number of hydrogen-bond donors (Lipinski definition) is 4. The number of ether oxygens (including phenoxy) is 2. The van der Waals surface area contributed by atoms with E-state index in [4.69, 9.17) is 15.2 Å². The van der Waals surface area contributed by atoms with Crippen molar-refractivity contribution in [2.45, 2.75) is 38.9 Å². The number of carbonyl (C=O) groups excluding carboxylic acids is 6. The third-order valence-electron chi connectivity index (χ3n) is 7.42. The van der Waals surface area contributed by atoms with Gasteiger partial charge in [0.25, 0.3) is 0 Å². The molecule has 4 aliphatic rings. The third-order valence-corrected chi connectivity index (χ3v) is 7.42. The van der Waals surface area contributed by atoms with Gasteiger partial charge < -0.3 is 30.5 Å². The van der Waals surface area contributed by atoms with Crippen LogP contribution in [0.1, 0.15) is 82.3 Å². The Morgan fingerprint density at radius 1 is 0.650 bits per heavy atom. The highest BCUT2D eigenvalue weighted by Crippen LogP contribution is 2.44. The van der Waals surface area contributed by atoms with Crippen LogP contribution in [0.15, 0.2) is 29.0 Å². The van der Waals surface area contributed by atoms with E-state index in [0.717, 1.165) is 6.07 Å². The number of esters is 2. The molecule has 202 valence electrons. The van der Waals surface area contributed by atoms with E-state index >= 15 is 0 Å². The predicted molar refractivity (Wildman–Crippen MR) is 132 cm³/mol. The van der Waals surface area contributed by atoms with Crippen molar-refractivity contribution in [3.63, 3.8) is 0 Å². The highest BCUT2D eigenvalue weighted by Gasteiger charge is 2.47. The van der Waals surface area contributed by atoms with Gasteiger partial charge in [0.2, 0.25) is 23.1 Å². The number of aliphatic hydroxyl groups excluding tert-OH is 1. The maximum atomic E-state index is 13.7. The van der Waals surface area contributed by atoms with Gasteiger partial charge in [-0.05, 0) is 37.1 Å². The Morgan fingerprint density at radius 3 is 1.62 bits per heavy atom. The summed E-state index contributed by atoms with van der Waals surface area (Å²) in [6.45, 7) is 3.19. The second-order valence-corrected chi connectivity index (χ2v) is 10.0. The minimum absolute atomic E-state index is 0.106. The Hall–Kier alpha value is -5.26. The van der Waals surface area contributed by atoms with Crippen LogP contribution in [0.2, 0.25) is 0 Å². The van der Waals surface area contributed by atoms with Crippen LogP contribution in [-0.4, -0.2) is 62.6 Å². The number of aliphatic hydroxyl groups is 1. The standard InChI is InChI=1S/C28H19NO11/c1-7-3-9-5-11-15(22(32)13(9)27(37)39-7)24(34)17(19(29)20(11)30)18-25(35)16-12(21(31)26(18)36)6-10-4-8(2)40-28(38)14(10)23(16)33/h5-8,30,32-33H,3-4,29H2,1-2H3/b18-17+/t7-,8-/m1/s1. The molecule has 0 bridgehead atoms. The predicted octanol–water partition coefficient (Wildman–Crippen LogP) is 1.63. The minimum atomic E-state index is -1.45. The van der Waals surface area contributed by atoms with Gasteiger partial charge in [0.05, 0.1) is 28.0 Å². The van der Waals surface area contributed by atoms with E-state index in [1.807, 2.05) is 0 Å². The summed E-state index contributed by atoms with van der Waals surface area (Å²) in [4.78, 5) is 78.8. The summed E-state index contributed by atoms with van der Waals surface area (Å²) in [7, 11) is 0. The summed E-state index contributed by atoms with van der Waals surface area (Å²) in [6.07, 6.45) is -0.883. The zero-order valence-electron chi connectivity index (χ0n) is 20.9. The fourth-order valence-electron chi connectivity index (χ4n) is 5.69. The summed E-state index contributed by atoms with van der Waals surface area (Å²) < 4.78 is 10.2. The topological polar surface area (TPSA) is 208 Å². The minimum Gasteiger partial charge on any atom is -0.506 e. The number of phenolic OH excluding ortho intramolecular Hbond substituents is 2. The molecule has 12 heteroatoms. The lowest BCUT2D eigenvalue weighted by atomic mass is 9.75. The maximum Gasteiger partial charge on any atom is 0.342 e. The van der Waals surface area contributed by atoms with Gasteiger partial charge in [0.15, 0.2) is 0 Å². The summed E-state index contributed by atoms with van der Waals surface area (Å²) in [6, 6.07) is 2.43. The van der Waals surface area contributed by atoms with Crippen molar-refractivity contribution in [2.24, 2.45) is 5.73 Å². The fourth-order valence-corrected chi connectivity index (χ4v) is 5.69. The number of cyclic esters (lactones) is 2. The van der Waals surface area contributed by atoms with Crippen molar-refractivity contribution in [3.8, 4) is 11.5 Å². The van der Waals surface area contributed by atoms with Crippen molar-refractivity contribution >= 4 is 40.8 Å². The molecule has 0 amide bonds. The number of nitrogens with two attached hydrogens (primary N) is 1. The Bertz CT molecular complexity index is 1770. The molecule has 0 aromatic heterocycles. The number of carbonyl (C=O) groups is 6. The molecule has 12 nitrogen and oxygen atoms in total. The molecule has 2 aromatic carbocycles. The van der Waals surface area contributed by atoms with Crippen LogP contribution in [0.25, 0.3) is 5.76 Å². The van der Waals surface area contributed by atoms with E-state index < -0.39 is 98.1 Å². The fraction of sp³-hybridized carbons (Fsp3) is 0.214. The number of rotatable bonds is 0. The van der Waals surface area contributed by atoms with Gasteiger partial charge in [-0.2, -0.15) is 0 Å². The first-order valence-corrected chi connectivity index (χ1v) is 12.1. The first-order valence-electron chi connectivity index (χ1n) is 12.1. The van der Waals surface area contributed by atoms with E-state index in [1.165, 1.54) is 6.07 Å². The summed E-state index contributed by atoms with van der Waals surface area (Å²) >= 11 is 0. The number of phenols is 2. The van der Waals surface area contributed by atoms with Crippen LogP contribution in [0.4, 0.5) is 0 Å². The lowest BCUT2D eigenvalue weighted by molar-refractivity contribution is -0.111. The number of benzene rings is 2. The SMILES string of the molecule is C[C@@H]1Cc2cc3c(c(O)c2C(=O)O1)C(=O)/C(=C1\C(=O)c2c(cc4c(c2O)C(=O)O[C@H](C)C4)C(O)=C1N)C(=O)C3=O. The van der Waals surface area contributed by atoms with E-state index in [-0.39, 0.29) is 40.7 Å². The molecule has 2 aliphatic heterocycles. The number of ketones is 4.